The maximum atomic E-state index is 12.8. The van der Waals surface area contributed by atoms with Gasteiger partial charge in [0.05, 0.1) is 34.4 Å². The van der Waals surface area contributed by atoms with Crippen LogP contribution in [0.1, 0.15) is 39.2 Å². The minimum atomic E-state index is -5.50. The molecule has 0 aliphatic carbocycles. The molecule has 0 radical (unpaired) electrons. The SMILES string of the molecule is CC(C)(C)OC=O.Cc1c(Nc2ccc(S(=O)(=O)C(F)(F)F)cc2Cl)ncnc1OC1CC2COCC(C1)N2. The standard InChI is InChI=1S/C19H20ClF3N4O4S.C5H10O2/c1-10-17(27-16-3-2-14(6-15(16)20)32(28,29)19(21,22)23)24-9-25-18(10)31-13-4-11-7-30-8-12(5-13)26-11;1-5(2,3)7-4-6/h2-3,6,9,11-13,26H,4-5,7-8H2,1H3,(H,24,25,27);4H,1-3H3. The van der Waals surface area contributed by atoms with Gasteiger partial charge in [0.15, 0.2) is 0 Å². The molecular weight excluding hydrogens is 565 g/mol. The van der Waals surface area contributed by atoms with E-state index < -0.39 is 20.2 Å². The summed E-state index contributed by atoms with van der Waals surface area (Å²) in [6.07, 6.45) is 2.78. The zero-order chi connectivity index (χ0) is 29.0. The van der Waals surface area contributed by atoms with Crippen LogP contribution in [0, 0.1) is 6.92 Å². The molecule has 0 spiro atoms. The van der Waals surface area contributed by atoms with Crippen molar-refractivity contribution in [3.8, 4) is 5.88 Å². The number of anilines is 2. The quantitative estimate of drug-likeness (QED) is 0.466. The highest BCUT2D eigenvalue weighted by molar-refractivity contribution is 7.92. The molecule has 0 amide bonds. The summed E-state index contributed by atoms with van der Waals surface area (Å²) < 4.78 is 77.7. The van der Waals surface area contributed by atoms with E-state index in [2.05, 4.69) is 25.3 Å². The first-order valence-corrected chi connectivity index (χ1v) is 13.8. The summed E-state index contributed by atoms with van der Waals surface area (Å²) in [6.45, 7) is 8.91. The summed E-state index contributed by atoms with van der Waals surface area (Å²) in [7, 11) is -5.50. The van der Waals surface area contributed by atoms with Crippen molar-refractivity contribution in [1.82, 2.24) is 15.3 Å². The minimum absolute atomic E-state index is 0.0490. The van der Waals surface area contributed by atoms with Gasteiger partial charge >= 0.3 is 5.51 Å². The van der Waals surface area contributed by atoms with Gasteiger partial charge in [-0.25, -0.2) is 18.4 Å². The average Bonchev–Trinajstić information content (AvgIpc) is 2.81. The number of carbonyl (C=O) groups excluding carboxylic acids is 1. The fraction of sp³-hybridized carbons (Fsp3) is 0.542. The first-order chi connectivity index (χ1) is 18.1. The van der Waals surface area contributed by atoms with Gasteiger partial charge in [-0.1, -0.05) is 11.6 Å². The Balaban J connectivity index is 0.000000532. The third-order valence-corrected chi connectivity index (χ3v) is 7.53. The van der Waals surface area contributed by atoms with E-state index in [0.29, 0.717) is 36.9 Å². The number of nitrogens with one attached hydrogen (secondary N) is 2. The van der Waals surface area contributed by atoms with Crippen LogP contribution in [0.25, 0.3) is 0 Å². The lowest BCUT2D eigenvalue weighted by Crippen LogP contribution is -2.56. The van der Waals surface area contributed by atoms with Crippen LogP contribution >= 0.6 is 11.6 Å². The maximum absolute atomic E-state index is 12.8. The van der Waals surface area contributed by atoms with Crippen molar-refractivity contribution in [1.29, 1.82) is 0 Å². The Morgan fingerprint density at radius 2 is 1.79 bits per heavy atom. The van der Waals surface area contributed by atoms with Gasteiger partial charge < -0.3 is 24.8 Å². The number of piperidine rings is 1. The Hall–Kier alpha value is -2.68. The van der Waals surface area contributed by atoms with E-state index in [4.69, 9.17) is 21.1 Å². The monoisotopic (exact) mass is 594 g/mol. The van der Waals surface area contributed by atoms with E-state index in [0.717, 1.165) is 31.0 Å². The molecule has 2 aromatic rings. The number of alkyl halides is 3. The van der Waals surface area contributed by atoms with Crippen LogP contribution in [0.3, 0.4) is 0 Å². The van der Waals surface area contributed by atoms with E-state index in [-0.39, 0.29) is 34.5 Å². The molecule has 2 atom stereocenters. The van der Waals surface area contributed by atoms with E-state index in [1.807, 2.05) is 20.8 Å². The molecule has 2 bridgehead atoms. The van der Waals surface area contributed by atoms with Crippen LogP contribution in [0.4, 0.5) is 24.7 Å². The molecule has 2 aliphatic rings. The van der Waals surface area contributed by atoms with Crippen LogP contribution in [-0.4, -0.2) is 67.4 Å². The number of sulfone groups is 1. The number of nitrogens with zero attached hydrogens (tertiary/aromatic N) is 2. The molecule has 10 nitrogen and oxygen atoms in total. The predicted molar refractivity (Wildman–Crippen MR) is 137 cm³/mol. The molecule has 3 heterocycles. The predicted octanol–water partition coefficient (Wildman–Crippen LogP) is 4.33. The van der Waals surface area contributed by atoms with Crippen molar-refractivity contribution in [3.63, 3.8) is 0 Å². The highest BCUT2D eigenvalue weighted by Crippen LogP contribution is 2.35. The van der Waals surface area contributed by atoms with Crippen LogP contribution in [0.15, 0.2) is 29.4 Å². The van der Waals surface area contributed by atoms with Crippen molar-refractivity contribution in [3.05, 3.63) is 35.1 Å². The molecule has 2 aliphatic heterocycles. The Kier molecular flexibility index (Phi) is 9.68. The van der Waals surface area contributed by atoms with Crippen LogP contribution in [0.5, 0.6) is 5.88 Å². The number of hydrogen-bond acceptors (Lipinski definition) is 10. The number of fused-ring (bicyclic) bond motifs is 2. The Bertz CT molecular complexity index is 1260. The molecule has 1 aromatic carbocycles. The zero-order valence-corrected chi connectivity index (χ0v) is 23.3. The van der Waals surface area contributed by atoms with Gasteiger partial charge in [-0.05, 0) is 45.9 Å². The van der Waals surface area contributed by atoms with Crippen LogP contribution < -0.4 is 15.4 Å². The first kappa shape index (κ1) is 30.9. The van der Waals surface area contributed by atoms with Crippen LogP contribution in [0.2, 0.25) is 5.02 Å². The largest absolute Gasteiger partial charge is 0.501 e. The lowest BCUT2D eigenvalue weighted by Gasteiger charge is -2.39. The molecule has 2 saturated heterocycles. The van der Waals surface area contributed by atoms with E-state index in [1.54, 1.807) is 6.92 Å². The topological polar surface area (TPSA) is 129 Å². The highest BCUT2D eigenvalue weighted by atomic mass is 35.5. The number of hydrogen-bond donors (Lipinski definition) is 2. The van der Waals surface area contributed by atoms with E-state index in [1.165, 1.54) is 6.33 Å². The Labute approximate surface area is 229 Å². The first-order valence-electron chi connectivity index (χ1n) is 11.9. The van der Waals surface area contributed by atoms with Gasteiger partial charge in [-0.15, -0.1) is 0 Å². The molecule has 2 unspecified atom stereocenters. The van der Waals surface area contributed by atoms with Crippen molar-refractivity contribution in [2.75, 3.05) is 18.5 Å². The van der Waals surface area contributed by atoms with Gasteiger partial charge in [-0.2, -0.15) is 13.2 Å². The number of carbonyl (C=O) groups is 1. The number of morpholine rings is 1. The van der Waals surface area contributed by atoms with E-state index >= 15 is 0 Å². The van der Waals surface area contributed by atoms with Gasteiger partial charge in [0.1, 0.15) is 23.9 Å². The van der Waals surface area contributed by atoms with Gasteiger partial charge in [0.2, 0.25) is 5.88 Å². The number of benzene rings is 1. The van der Waals surface area contributed by atoms with Gasteiger partial charge in [0, 0.05) is 24.9 Å². The average molecular weight is 595 g/mol. The van der Waals surface area contributed by atoms with E-state index in [9.17, 15) is 26.4 Å². The molecule has 4 rings (SSSR count). The van der Waals surface area contributed by atoms with Gasteiger partial charge in [-0.3, -0.25) is 4.79 Å². The van der Waals surface area contributed by atoms with Crippen LogP contribution in [-0.2, 0) is 24.1 Å². The fourth-order valence-corrected chi connectivity index (χ4v) is 4.97. The second-order valence-corrected chi connectivity index (χ2v) is 12.4. The summed E-state index contributed by atoms with van der Waals surface area (Å²) in [5.74, 6) is 0.710. The molecule has 2 fully saturated rings. The lowest BCUT2D eigenvalue weighted by molar-refractivity contribution is -0.138. The number of rotatable bonds is 6. The molecule has 1 aromatic heterocycles. The number of ether oxygens (including phenoxy) is 3. The summed E-state index contributed by atoms with van der Waals surface area (Å²) >= 11 is 6.05. The Morgan fingerprint density at radius 1 is 1.15 bits per heavy atom. The third-order valence-electron chi connectivity index (χ3n) is 5.73. The zero-order valence-electron chi connectivity index (χ0n) is 21.7. The fourth-order valence-electron chi connectivity index (χ4n) is 3.89. The summed E-state index contributed by atoms with van der Waals surface area (Å²) in [4.78, 5) is 17.0. The van der Waals surface area contributed by atoms with Crippen molar-refractivity contribution < 1.29 is 40.6 Å². The number of aromatic nitrogens is 2. The second kappa shape index (κ2) is 12.2. The van der Waals surface area contributed by atoms with Crippen molar-refractivity contribution >= 4 is 39.4 Å². The maximum Gasteiger partial charge on any atom is 0.501 e. The smallest absolute Gasteiger partial charge is 0.474 e. The second-order valence-electron chi connectivity index (χ2n) is 10.0. The minimum Gasteiger partial charge on any atom is -0.474 e. The van der Waals surface area contributed by atoms with Crippen molar-refractivity contribution in [2.24, 2.45) is 0 Å². The summed E-state index contributed by atoms with van der Waals surface area (Å²) in [6, 6.07) is 3.17. The summed E-state index contributed by atoms with van der Waals surface area (Å²) in [5.41, 5.74) is -4.97. The molecular formula is C24H30ClF3N4O6S. The lowest BCUT2D eigenvalue weighted by atomic mass is 9.95. The Morgan fingerprint density at radius 3 is 2.31 bits per heavy atom. The third kappa shape index (κ3) is 8.16. The van der Waals surface area contributed by atoms with Crippen molar-refractivity contribution in [2.45, 2.75) is 74.7 Å². The highest BCUT2D eigenvalue weighted by Gasteiger charge is 2.47. The number of halogens is 4. The molecule has 15 heteroatoms. The molecule has 39 heavy (non-hydrogen) atoms. The molecule has 2 N–H and O–H groups in total. The molecule has 216 valence electrons. The molecule has 0 saturated carbocycles. The summed E-state index contributed by atoms with van der Waals surface area (Å²) in [5, 5.41) is 6.18. The normalized spacial score (nSPS) is 21.3. The van der Waals surface area contributed by atoms with Gasteiger partial charge in [0.25, 0.3) is 16.3 Å².